The molecule has 0 amide bonds. The second kappa shape index (κ2) is 22.0. The molecule has 322 valence electrons. The number of H-pyrrole nitrogens is 2. The molecule has 5 heterocycles. The van der Waals surface area contributed by atoms with Crippen molar-refractivity contribution < 1.29 is 19.1 Å². The summed E-state index contributed by atoms with van der Waals surface area (Å²) in [6.07, 6.45) is 13.6. The fraction of sp³-hybridized carbons (Fsp3) is 0.480. The molecule has 0 atom stereocenters. The highest BCUT2D eigenvalue weighted by Crippen LogP contribution is 2.36. The van der Waals surface area contributed by atoms with E-state index in [1.54, 1.807) is 0 Å². The fourth-order valence-electron chi connectivity index (χ4n) is 8.04. The molecule has 10 heteroatoms. The normalized spacial score (nSPS) is 12.8. The number of hydrogen-bond acceptors (Lipinski definition) is 8. The molecule has 0 fully saturated rings. The van der Waals surface area contributed by atoms with Crippen LogP contribution in [0.3, 0.4) is 0 Å². The number of carbonyl (C=O) groups is 2. The SMILES string of the molecule is C=CC1=C(C)c2cc3[nH]c(cc4nc(cc5[nH]c(cc1n2)c(C)c5CCC(=O)OCCCCCCN(C)C)C(CCC(=O)OCCCCCCN(C)C)=C4C)c(C)c3C=C. The predicted molar refractivity (Wildman–Crippen MR) is 249 cm³/mol. The molecule has 10 nitrogen and oxygen atoms in total. The summed E-state index contributed by atoms with van der Waals surface area (Å²) in [6, 6.07) is 8.30. The van der Waals surface area contributed by atoms with Crippen LogP contribution in [0.1, 0.15) is 130 Å². The van der Waals surface area contributed by atoms with Gasteiger partial charge in [-0.3, -0.25) is 9.59 Å². The van der Waals surface area contributed by atoms with Gasteiger partial charge in [0.05, 0.1) is 36.0 Å². The standard InChI is InChI=1S/C50H68N6O4/c1-11-37-33(3)41-29-42-35(5)39(21-23-49(57)59-27-19-15-13-17-25-55(7)8)47(53-42)32-48-40(22-24-50(58)60-28-20-16-14-18-26-56(9)10)36(6)44(54-48)31-46-38(12-2)34(4)43(52-46)30-45(37)51-41/h11-12,29-32,51,54H,1-2,13-28H2,3-10H3. The summed E-state index contributed by atoms with van der Waals surface area (Å²) >= 11 is 0. The van der Waals surface area contributed by atoms with Crippen molar-refractivity contribution in [2.45, 2.75) is 105 Å². The molecule has 8 bridgehead atoms. The molecule has 3 aromatic rings. The van der Waals surface area contributed by atoms with E-state index in [0.717, 1.165) is 154 Å². The van der Waals surface area contributed by atoms with Crippen LogP contribution in [0.5, 0.6) is 0 Å². The van der Waals surface area contributed by atoms with Crippen molar-refractivity contribution in [3.8, 4) is 0 Å². The smallest absolute Gasteiger partial charge is 0.306 e. The van der Waals surface area contributed by atoms with Gasteiger partial charge in [0.1, 0.15) is 0 Å². The third-order valence-corrected chi connectivity index (χ3v) is 11.7. The van der Waals surface area contributed by atoms with Crippen LogP contribution in [0.25, 0.3) is 50.4 Å². The number of aromatic amines is 2. The van der Waals surface area contributed by atoms with E-state index in [2.05, 4.69) is 113 Å². The number of hydrogen-bond donors (Lipinski definition) is 2. The number of allylic oxidation sites excluding steroid dienone is 5. The lowest BCUT2D eigenvalue weighted by molar-refractivity contribution is -0.144. The Labute approximate surface area is 357 Å². The minimum atomic E-state index is -0.204. The molecule has 0 radical (unpaired) electrons. The van der Waals surface area contributed by atoms with Gasteiger partial charge in [-0.15, -0.1) is 0 Å². The molecular weight excluding hydrogens is 749 g/mol. The van der Waals surface area contributed by atoms with E-state index in [1.165, 1.54) is 0 Å². The lowest BCUT2D eigenvalue weighted by Gasteiger charge is -2.09. The first-order valence-electron chi connectivity index (χ1n) is 21.8. The molecule has 5 rings (SSSR count). The van der Waals surface area contributed by atoms with E-state index in [0.29, 0.717) is 26.1 Å². The molecule has 0 unspecified atom stereocenters. The highest BCUT2D eigenvalue weighted by molar-refractivity contribution is 5.98. The van der Waals surface area contributed by atoms with E-state index >= 15 is 0 Å². The highest BCUT2D eigenvalue weighted by atomic mass is 16.5. The molecule has 0 spiro atoms. The van der Waals surface area contributed by atoms with Crippen LogP contribution < -0.4 is 0 Å². The minimum Gasteiger partial charge on any atom is -0.466 e. The molecule has 2 aliphatic heterocycles. The Bertz CT molecular complexity index is 2270. The summed E-state index contributed by atoms with van der Waals surface area (Å²) < 4.78 is 11.4. The minimum absolute atomic E-state index is 0.201. The summed E-state index contributed by atoms with van der Waals surface area (Å²) in [5.74, 6) is -0.405. The monoisotopic (exact) mass is 817 g/mol. The van der Waals surface area contributed by atoms with E-state index in [-0.39, 0.29) is 24.8 Å². The Kier molecular flexibility index (Phi) is 16.9. The second-order valence-corrected chi connectivity index (χ2v) is 16.8. The van der Waals surface area contributed by atoms with Gasteiger partial charge in [-0.1, -0.05) is 51.0 Å². The molecule has 0 aromatic carbocycles. The fourth-order valence-corrected chi connectivity index (χ4v) is 8.04. The maximum Gasteiger partial charge on any atom is 0.306 e. The number of nitrogens with zero attached hydrogens (tertiary/aromatic N) is 4. The van der Waals surface area contributed by atoms with Crippen LogP contribution in [-0.2, 0) is 25.5 Å². The van der Waals surface area contributed by atoms with Gasteiger partial charge in [-0.05, 0) is 165 Å². The van der Waals surface area contributed by atoms with Crippen LogP contribution in [0.4, 0.5) is 0 Å². The number of aromatic nitrogens is 4. The molecule has 3 aromatic heterocycles. The van der Waals surface area contributed by atoms with Crippen LogP contribution in [0, 0.1) is 13.8 Å². The Balaban J connectivity index is 1.51. The molecule has 2 N–H and O–H groups in total. The lowest BCUT2D eigenvalue weighted by Crippen LogP contribution is -2.12. The van der Waals surface area contributed by atoms with E-state index < -0.39 is 0 Å². The van der Waals surface area contributed by atoms with Crippen LogP contribution >= 0.6 is 0 Å². The first kappa shape index (κ1) is 46.0. The lowest BCUT2D eigenvalue weighted by atomic mass is 10.00. The first-order chi connectivity index (χ1) is 28.8. The summed E-state index contributed by atoms with van der Waals surface area (Å²) in [4.78, 5) is 48.2. The zero-order valence-electron chi connectivity index (χ0n) is 37.6. The van der Waals surface area contributed by atoms with Crippen molar-refractivity contribution in [1.82, 2.24) is 29.7 Å². The predicted octanol–water partition coefficient (Wildman–Crippen LogP) is 10.7. The van der Waals surface area contributed by atoms with Gasteiger partial charge in [0.15, 0.2) is 0 Å². The number of nitrogens with one attached hydrogen (secondary N) is 2. The molecule has 60 heavy (non-hydrogen) atoms. The van der Waals surface area contributed by atoms with E-state index in [1.807, 2.05) is 12.2 Å². The number of unbranched alkanes of at least 4 members (excludes halogenated alkanes) is 6. The van der Waals surface area contributed by atoms with Crippen molar-refractivity contribution in [1.29, 1.82) is 0 Å². The molecule has 0 aliphatic carbocycles. The van der Waals surface area contributed by atoms with Gasteiger partial charge < -0.3 is 29.2 Å². The van der Waals surface area contributed by atoms with E-state index in [9.17, 15) is 9.59 Å². The third kappa shape index (κ3) is 12.0. The van der Waals surface area contributed by atoms with Crippen LogP contribution in [0.2, 0.25) is 0 Å². The van der Waals surface area contributed by atoms with Crippen molar-refractivity contribution in [3.63, 3.8) is 0 Å². The van der Waals surface area contributed by atoms with Gasteiger partial charge in [-0.2, -0.15) is 0 Å². The number of aryl methyl sites for hydroxylation is 3. The molecule has 0 saturated heterocycles. The van der Waals surface area contributed by atoms with Crippen LogP contribution in [0.15, 0.2) is 43.5 Å². The largest absolute Gasteiger partial charge is 0.466 e. The quantitative estimate of drug-likeness (QED) is 0.0761. The second-order valence-electron chi connectivity index (χ2n) is 16.8. The average molecular weight is 817 g/mol. The van der Waals surface area contributed by atoms with Crippen molar-refractivity contribution in [2.24, 2.45) is 0 Å². The summed E-state index contributed by atoms with van der Waals surface area (Å²) in [6.45, 7) is 19.6. The number of fused-ring (bicyclic) bond motifs is 8. The maximum absolute atomic E-state index is 13.1. The van der Waals surface area contributed by atoms with Gasteiger partial charge >= 0.3 is 11.9 Å². The van der Waals surface area contributed by atoms with Crippen molar-refractivity contribution in [3.05, 3.63) is 88.5 Å². The Hall–Kier alpha value is -5.06. The topological polar surface area (TPSA) is 116 Å². The summed E-state index contributed by atoms with van der Waals surface area (Å²) in [7, 11) is 8.35. The zero-order valence-corrected chi connectivity index (χ0v) is 37.6. The van der Waals surface area contributed by atoms with Gasteiger partial charge in [0, 0.05) is 46.0 Å². The van der Waals surface area contributed by atoms with Gasteiger partial charge in [-0.25, -0.2) is 9.97 Å². The third-order valence-electron chi connectivity index (χ3n) is 11.7. The molecule has 0 saturated carbocycles. The van der Waals surface area contributed by atoms with Crippen LogP contribution in [-0.4, -0.2) is 96.2 Å². The number of ether oxygens (including phenoxy) is 2. The van der Waals surface area contributed by atoms with E-state index in [4.69, 9.17) is 19.4 Å². The number of esters is 2. The Morgan fingerprint density at radius 1 is 0.600 bits per heavy atom. The summed E-state index contributed by atoms with van der Waals surface area (Å²) in [5.41, 5.74) is 15.0. The average Bonchev–Trinajstić information content (AvgIpc) is 3.87. The first-order valence-corrected chi connectivity index (χ1v) is 21.8. The highest BCUT2D eigenvalue weighted by Gasteiger charge is 2.21. The number of rotatable bonds is 22. The molecular formula is C50H68N6O4. The van der Waals surface area contributed by atoms with Crippen molar-refractivity contribution in [2.75, 3.05) is 54.5 Å². The number of carbonyl (C=O) groups excluding carboxylic acids is 2. The summed E-state index contributed by atoms with van der Waals surface area (Å²) in [5, 5.41) is 0. The van der Waals surface area contributed by atoms with Gasteiger partial charge in [0.2, 0.25) is 0 Å². The Morgan fingerprint density at radius 3 is 1.70 bits per heavy atom. The van der Waals surface area contributed by atoms with Crippen molar-refractivity contribution >= 4 is 62.4 Å². The molecule has 2 aliphatic rings. The maximum atomic E-state index is 13.1. The van der Waals surface area contributed by atoms with Gasteiger partial charge in [0.25, 0.3) is 0 Å². The zero-order chi connectivity index (χ0) is 43.3. The Morgan fingerprint density at radius 2 is 1.10 bits per heavy atom.